The van der Waals surface area contributed by atoms with Crippen molar-refractivity contribution in [3.8, 4) is 0 Å². The van der Waals surface area contributed by atoms with Crippen LogP contribution in [0.5, 0.6) is 0 Å². The van der Waals surface area contributed by atoms with Crippen LogP contribution < -0.4 is 108 Å². The molecule has 0 aliphatic carbocycles. The zero-order valence-electron chi connectivity index (χ0n) is 14.2. The molecule has 24 heavy (non-hydrogen) atoms. The Balaban J connectivity index is -0.000000138. The van der Waals surface area contributed by atoms with Crippen LogP contribution in [0.3, 0.4) is 0 Å². The van der Waals surface area contributed by atoms with E-state index in [2.05, 4.69) is 18.0 Å². The molecular weight excluding hydrogens is 426 g/mol. The molecule has 2 aliphatic rings. The van der Waals surface area contributed by atoms with E-state index in [0.29, 0.717) is 0 Å². The summed E-state index contributed by atoms with van der Waals surface area (Å²) >= 11 is 0. The second-order valence-electron chi connectivity index (χ2n) is 3.58. The predicted octanol–water partition coefficient (Wildman–Crippen LogP) is -8.31. The molecule has 2 aliphatic heterocycles. The number of hydrogen-bond donors (Lipinski definition) is 0. The van der Waals surface area contributed by atoms with Gasteiger partial charge in [0.25, 0.3) is 26.7 Å². The van der Waals surface area contributed by atoms with Crippen molar-refractivity contribution in [3.63, 3.8) is 0 Å². The minimum absolute atomic E-state index is 0. The Bertz CT molecular complexity index is 605. The average molecular weight is 441 g/mol. The third kappa shape index (κ3) is 17.2. The fraction of sp³-hybridized carbons (Fsp3) is 0.556. The van der Waals surface area contributed by atoms with Crippen molar-refractivity contribution >= 4 is 32.7 Å². The number of esters is 1. The number of ether oxygens (including phenoxy) is 1. The van der Waals surface area contributed by atoms with Crippen LogP contribution in [0.4, 0.5) is 0 Å². The molecule has 15 heteroatoms. The Morgan fingerprint density at radius 3 is 2.04 bits per heavy atom. The second-order valence-corrected chi connectivity index (χ2v) is 6.76. The molecule has 0 aromatic rings. The molecule has 0 aromatic heterocycles. The van der Waals surface area contributed by atoms with E-state index >= 15 is 0 Å². The van der Waals surface area contributed by atoms with Crippen molar-refractivity contribution in [3.05, 3.63) is 11.5 Å². The zero-order chi connectivity index (χ0) is 17.2. The number of carbonyl (C=O) groups excluding carboxylic acids is 2. The Labute approximate surface area is 225 Å². The molecule has 130 valence electrons. The van der Waals surface area contributed by atoms with E-state index in [0.717, 1.165) is 5.41 Å². The SMILES string of the molecule is CC(=O)OC1COS(=O)(=O)C1.O=CO[O-].O=S1(=O)C=CCO1.[H-].[K+].[K+]. The summed E-state index contributed by atoms with van der Waals surface area (Å²) in [7, 11) is -6.65. The van der Waals surface area contributed by atoms with Crippen molar-refractivity contribution in [1.82, 2.24) is 0 Å². The van der Waals surface area contributed by atoms with Gasteiger partial charge in [0.2, 0.25) is 0 Å². The van der Waals surface area contributed by atoms with Crippen LogP contribution in [-0.2, 0) is 47.8 Å². The predicted molar refractivity (Wildman–Crippen MR) is 67.6 cm³/mol. The van der Waals surface area contributed by atoms with Crippen LogP contribution in [0, 0.1) is 0 Å². The molecule has 0 amide bonds. The van der Waals surface area contributed by atoms with E-state index in [-0.39, 0.29) is 130 Å². The Morgan fingerprint density at radius 1 is 1.29 bits per heavy atom. The first kappa shape index (κ1) is 30.5. The maximum absolute atomic E-state index is 10.6. The number of hydrogen-bond acceptors (Lipinski definition) is 11. The van der Waals surface area contributed by atoms with E-state index < -0.39 is 32.3 Å². The molecule has 1 fully saturated rings. The van der Waals surface area contributed by atoms with Crippen LogP contribution in [0.25, 0.3) is 0 Å². The maximum Gasteiger partial charge on any atom is 1.00 e. The van der Waals surface area contributed by atoms with Gasteiger partial charge in [-0.3, -0.25) is 18.0 Å². The van der Waals surface area contributed by atoms with Crippen LogP contribution in [0.15, 0.2) is 11.5 Å². The van der Waals surface area contributed by atoms with E-state index in [1.807, 2.05) is 0 Å². The Kier molecular flexibility index (Phi) is 20.0. The molecule has 0 aromatic carbocycles. The molecule has 1 unspecified atom stereocenters. The summed E-state index contributed by atoms with van der Waals surface area (Å²) in [6, 6.07) is 0. The van der Waals surface area contributed by atoms with Gasteiger partial charge in [-0.1, -0.05) is 0 Å². The molecule has 0 saturated carbocycles. The molecule has 0 bridgehead atoms. The zero-order valence-corrected chi connectivity index (χ0v) is 21.1. The van der Waals surface area contributed by atoms with Gasteiger partial charge in [-0.2, -0.15) is 16.8 Å². The largest absolute Gasteiger partial charge is 1.00 e. The van der Waals surface area contributed by atoms with E-state index in [4.69, 9.17) is 10.1 Å². The van der Waals surface area contributed by atoms with E-state index in [1.54, 1.807) is 0 Å². The van der Waals surface area contributed by atoms with Gasteiger partial charge in [0.1, 0.15) is 18.5 Å². The fourth-order valence-electron chi connectivity index (χ4n) is 1.14. The second kappa shape index (κ2) is 15.8. The van der Waals surface area contributed by atoms with Crippen molar-refractivity contribution in [2.75, 3.05) is 19.0 Å². The van der Waals surface area contributed by atoms with Crippen LogP contribution >= 0.6 is 0 Å². The quantitative estimate of drug-likeness (QED) is 0.100. The minimum atomic E-state index is -3.42. The third-order valence-electron chi connectivity index (χ3n) is 1.79. The van der Waals surface area contributed by atoms with E-state index in [9.17, 15) is 21.6 Å². The van der Waals surface area contributed by atoms with Crippen molar-refractivity contribution in [2.45, 2.75) is 13.0 Å². The summed E-state index contributed by atoms with van der Waals surface area (Å²) in [6.07, 6.45) is 0.826. The Morgan fingerprint density at radius 2 is 1.83 bits per heavy atom. The molecular formula is C9H14K2O11S2. The van der Waals surface area contributed by atoms with Gasteiger partial charge in [-0.15, -0.1) is 0 Å². The van der Waals surface area contributed by atoms with Crippen molar-refractivity contribution in [1.29, 1.82) is 0 Å². The van der Waals surface area contributed by atoms with Gasteiger partial charge >= 0.3 is 109 Å². The van der Waals surface area contributed by atoms with Gasteiger partial charge in [-0.05, 0) is 6.08 Å². The van der Waals surface area contributed by atoms with Crippen LogP contribution in [-0.4, -0.2) is 54.3 Å². The number of carbonyl (C=O) groups is 2. The summed E-state index contributed by atoms with van der Waals surface area (Å²) in [6.45, 7) is 1.19. The first-order valence-corrected chi connectivity index (χ1v) is 8.49. The first-order chi connectivity index (χ1) is 10.1. The minimum Gasteiger partial charge on any atom is -1.00 e. The molecule has 1 atom stereocenters. The molecule has 11 nitrogen and oxygen atoms in total. The van der Waals surface area contributed by atoms with Crippen LogP contribution in [0.2, 0.25) is 0 Å². The molecule has 0 N–H and O–H groups in total. The summed E-state index contributed by atoms with van der Waals surface area (Å²) in [5.41, 5.74) is 0. The Hall–Kier alpha value is 1.73. The van der Waals surface area contributed by atoms with Crippen molar-refractivity contribution < 1.29 is 154 Å². The smallest absolute Gasteiger partial charge is 1.00 e. The van der Waals surface area contributed by atoms with Gasteiger partial charge in [0.15, 0.2) is 0 Å². The van der Waals surface area contributed by atoms with Gasteiger partial charge < -0.3 is 16.3 Å². The normalized spacial score (nSPS) is 21.3. The molecule has 2 heterocycles. The van der Waals surface area contributed by atoms with Crippen molar-refractivity contribution in [2.24, 2.45) is 0 Å². The molecule has 0 radical (unpaired) electrons. The molecule has 1 saturated heterocycles. The molecule has 0 spiro atoms. The standard InChI is InChI=1S/C5H8O5S.C3H4O3S.CH2O3.2K.H/c1-4(6)10-5-2-9-11(7,8)3-5;4-7(5)3-1-2-6-7;2-1-4-3;;;/h5H,2-3H2,1H3;1,3H,2H2;1,3H;;;/q;;;2*+1;-1/p-1. The summed E-state index contributed by atoms with van der Waals surface area (Å²) in [5.74, 6) is -0.720. The third-order valence-corrected chi connectivity index (χ3v) is 4.05. The fourth-order valence-corrected chi connectivity index (χ4v) is 2.87. The summed E-state index contributed by atoms with van der Waals surface area (Å²) in [4.78, 5) is 21.6. The summed E-state index contributed by atoms with van der Waals surface area (Å²) < 4.78 is 54.6. The summed E-state index contributed by atoms with van der Waals surface area (Å²) in [5, 5.41) is 9.48. The van der Waals surface area contributed by atoms with Gasteiger partial charge in [-0.25, -0.2) is 0 Å². The average Bonchev–Trinajstić information content (AvgIpc) is 2.95. The topological polar surface area (TPSA) is 162 Å². The first-order valence-electron chi connectivity index (χ1n) is 5.44. The van der Waals surface area contributed by atoms with Crippen LogP contribution in [0.1, 0.15) is 8.35 Å². The maximum atomic E-state index is 10.6. The number of rotatable bonds is 2. The van der Waals surface area contributed by atoms with Gasteiger partial charge in [0, 0.05) is 6.92 Å². The molecule has 2 rings (SSSR count). The monoisotopic (exact) mass is 440 g/mol. The van der Waals surface area contributed by atoms with E-state index in [1.165, 1.54) is 13.0 Å². The van der Waals surface area contributed by atoms with Gasteiger partial charge in [0.05, 0.1) is 12.0 Å².